The lowest BCUT2D eigenvalue weighted by Gasteiger charge is -2.17. The van der Waals surface area contributed by atoms with Crippen LogP contribution in [0.5, 0.6) is 5.88 Å². The van der Waals surface area contributed by atoms with Gasteiger partial charge in [-0.2, -0.15) is 13.2 Å². The van der Waals surface area contributed by atoms with Crippen molar-refractivity contribution in [2.75, 3.05) is 7.11 Å². The summed E-state index contributed by atoms with van der Waals surface area (Å²) in [4.78, 5) is 22.8. The van der Waals surface area contributed by atoms with Gasteiger partial charge >= 0.3 is 6.18 Å². The van der Waals surface area contributed by atoms with Crippen molar-refractivity contribution in [1.82, 2.24) is 34.1 Å². The summed E-state index contributed by atoms with van der Waals surface area (Å²) >= 11 is 0. The maximum absolute atomic E-state index is 13.4. The third-order valence-electron chi connectivity index (χ3n) is 8.44. The molecule has 1 fully saturated rings. The molecule has 1 aliphatic carbocycles. The first-order chi connectivity index (χ1) is 21.6. The topological polar surface area (TPSA) is 83.5 Å². The molecule has 4 heterocycles. The number of para-hydroxylation sites is 1. The van der Waals surface area contributed by atoms with Crippen LogP contribution in [0.15, 0.2) is 67.3 Å². The Morgan fingerprint density at radius 1 is 0.933 bits per heavy atom. The average molecular weight is 612 g/mol. The molecule has 0 saturated heterocycles. The molecule has 0 spiro atoms. The fourth-order valence-corrected chi connectivity index (χ4v) is 6.11. The predicted molar refractivity (Wildman–Crippen MR) is 166 cm³/mol. The molecule has 0 unspecified atom stereocenters. The van der Waals surface area contributed by atoms with Crippen LogP contribution in [0, 0.1) is 0 Å². The van der Waals surface area contributed by atoms with Crippen LogP contribution >= 0.6 is 0 Å². The predicted octanol–water partition coefficient (Wildman–Crippen LogP) is 8.19. The SMILES string of the molecule is COc1ncnc(C2CC2)c1-c1ncc2c3ccccc3n([C@H](C)Cc3ccc(-c4nc(C(F)(F)F)cn4C(C)C)cc3)c2n1. The van der Waals surface area contributed by atoms with Crippen molar-refractivity contribution >= 4 is 21.9 Å². The average Bonchev–Trinajstić information content (AvgIpc) is 3.67. The highest BCUT2D eigenvalue weighted by atomic mass is 19.4. The Morgan fingerprint density at radius 3 is 2.38 bits per heavy atom. The molecule has 7 rings (SSSR count). The van der Waals surface area contributed by atoms with Crippen LogP contribution in [-0.4, -0.2) is 41.2 Å². The van der Waals surface area contributed by atoms with Crippen molar-refractivity contribution in [2.24, 2.45) is 0 Å². The molecule has 0 bridgehead atoms. The van der Waals surface area contributed by atoms with Gasteiger partial charge in [0, 0.05) is 46.7 Å². The fraction of sp³-hybridized carbons (Fsp3) is 0.324. The molecule has 0 radical (unpaired) electrons. The monoisotopic (exact) mass is 611 g/mol. The van der Waals surface area contributed by atoms with E-state index in [0.29, 0.717) is 35.4 Å². The highest BCUT2D eigenvalue weighted by Gasteiger charge is 2.35. The first kappa shape index (κ1) is 28.9. The molecule has 230 valence electrons. The number of methoxy groups -OCH3 is 1. The van der Waals surface area contributed by atoms with Crippen molar-refractivity contribution in [1.29, 1.82) is 0 Å². The minimum Gasteiger partial charge on any atom is -0.480 e. The number of alkyl halides is 3. The van der Waals surface area contributed by atoms with Crippen LogP contribution in [0.4, 0.5) is 13.2 Å². The molecular formula is C34H32F3N7O. The molecular weight excluding hydrogens is 579 g/mol. The van der Waals surface area contributed by atoms with Gasteiger partial charge in [0.05, 0.1) is 18.3 Å². The molecule has 0 N–H and O–H groups in total. The smallest absolute Gasteiger partial charge is 0.434 e. The standard InChI is InChI=1S/C34H32F3N7O/c1-19(2)43-17-27(34(35,36)37)41-31(43)23-11-9-21(10-12-23)15-20(3)44-26-8-6-5-7-24(26)25-16-38-30(42-32(25)44)28-29(22-13-14-22)39-18-40-33(28)45-4/h5-12,16-20,22H,13-15H2,1-4H3/t20-/m1/s1. The molecule has 0 aliphatic heterocycles. The largest absolute Gasteiger partial charge is 0.480 e. The van der Waals surface area contributed by atoms with Gasteiger partial charge in [-0.15, -0.1) is 0 Å². The van der Waals surface area contributed by atoms with Gasteiger partial charge in [0.1, 0.15) is 23.4 Å². The van der Waals surface area contributed by atoms with Gasteiger partial charge < -0.3 is 13.9 Å². The van der Waals surface area contributed by atoms with E-state index in [1.54, 1.807) is 11.7 Å². The number of hydrogen-bond donors (Lipinski definition) is 0. The zero-order valence-electron chi connectivity index (χ0n) is 25.4. The molecule has 45 heavy (non-hydrogen) atoms. The van der Waals surface area contributed by atoms with Crippen molar-refractivity contribution < 1.29 is 17.9 Å². The Balaban J connectivity index is 1.26. The van der Waals surface area contributed by atoms with Gasteiger partial charge in [-0.3, -0.25) is 0 Å². The van der Waals surface area contributed by atoms with Crippen LogP contribution in [0.25, 0.3) is 44.7 Å². The van der Waals surface area contributed by atoms with Crippen LogP contribution in [0.3, 0.4) is 0 Å². The van der Waals surface area contributed by atoms with Gasteiger partial charge in [-0.1, -0.05) is 42.5 Å². The molecule has 1 saturated carbocycles. The van der Waals surface area contributed by atoms with Crippen LogP contribution in [0.2, 0.25) is 0 Å². The summed E-state index contributed by atoms with van der Waals surface area (Å²) in [5, 5.41) is 2.00. The first-order valence-corrected chi connectivity index (χ1v) is 15.0. The lowest BCUT2D eigenvalue weighted by molar-refractivity contribution is -0.140. The Kier molecular flexibility index (Phi) is 7.06. The number of imidazole rings is 1. The molecule has 11 heteroatoms. The molecule has 2 aromatic carbocycles. The summed E-state index contributed by atoms with van der Waals surface area (Å²) < 4.78 is 49.8. The summed E-state index contributed by atoms with van der Waals surface area (Å²) in [6.07, 6.45) is 2.78. The number of rotatable bonds is 8. The number of hydrogen-bond acceptors (Lipinski definition) is 6. The summed E-state index contributed by atoms with van der Waals surface area (Å²) in [6, 6.07) is 15.6. The molecule has 1 atom stereocenters. The third-order valence-corrected chi connectivity index (χ3v) is 8.44. The maximum atomic E-state index is 13.4. The van der Waals surface area contributed by atoms with Gasteiger partial charge in [0.25, 0.3) is 0 Å². The minimum atomic E-state index is -4.51. The number of halogens is 3. The summed E-state index contributed by atoms with van der Waals surface area (Å²) in [5.41, 5.74) is 4.28. The first-order valence-electron chi connectivity index (χ1n) is 15.0. The van der Waals surface area contributed by atoms with E-state index < -0.39 is 11.9 Å². The number of fused-ring (bicyclic) bond motifs is 3. The van der Waals surface area contributed by atoms with Crippen molar-refractivity contribution in [3.8, 4) is 28.7 Å². The Labute approximate surface area is 258 Å². The summed E-state index contributed by atoms with van der Waals surface area (Å²) in [7, 11) is 1.59. The molecule has 0 amide bonds. The lowest BCUT2D eigenvalue weighted by Crippen LogP contribution is -2.10. The second-order valence-corrected chi connectivity index (χ2v) is 11.9. The minimum absolute atomic E-state index is 0.00713. The highest BCUT2D eigenvalue weighted by Crippen LogP contribution is 2.45. The van der Waals surface area contributed by atoms with Crippen LogP contribution < -0.4 is 4.74 Å². The second kappa shape index (κ2) is 11.0. The van der Waals surface area contributed by atoms with E-state index in [0.717, 1.165) is 57.8 Å². The number of aromatic nitrogens is 7. The quantitative estimate of drug-likeness (QED) is 0.173. The Morgan fingerprint density at radius 2 is 1.69 bits per heavy atom. The van der Waals surface area contributed by atoms with E-state index in [-0.39, 0.29) is 12.1 Å². The summed E-state index contributed by atoms with van der Waals surface area (Å²) in [6.45, 7) is 5.83. The van der Waals surface area contributed by atoms with Crippen molar-refractivity contribution in [2.45, 2.75) is 64.2 Å². The van der Waals surface area contributed by atoms with Crippen molar-refractivity contribution in [3.05, 3.63) is 84.2 Å². The summed E-state index contributed by atoms with van der Waals surface area (Å²) in [5.74, 6) is 1.64. The fourth-order valence-electron chi connectivity index (χ4n) is 6.11. The maximum Gasteiger partial charge on any atom is 0.434 e. The normalized spacial score (nSPS) is 14.5. The molecule has 8 nitrogen and oxygen atoms in total. The van der Waals surface area contributed by atoms with E-state index in [1.165, 1.54) is 6.33 Å². The van der Waals surface area contributed by atoms with E-state index >= 15 is 0 Å². The van der Waals surface area contributed by atoms with Gasteiger partial charge in [0.2, 0.25) is 5.88 Å². The lowest BCUT2D eigenvalue weighted by atomic mass is 10.0. The molecule has 4 aromatic heterocycles. The van der Waals surface area contributed by atoms with E-state index in [4.69, 9.17) is 14.7 Å². The number of ether oxygens (including phenoxy) is 1. The van der Waals surface area contributed by atoms with E-state index in [9.17, 15) is 13.2 Å². The number of nitrogens with zero attached hydrogens (tertiary/aromatic N) is 7. The van der Waals surface area contributed by atoms with Crippen LogP contribution in [0.1, 0.15) is 68.6 Å². The van der Waals surface area contributed by atoms with Gasteiger partial charge in [-0.25, -0.2) is 24.9 Å². The molecule has 6 aromatic rings. The highest BCUT2D eigenvalue weighted by molar-refractivity contribution is 6.06. The Hall–Kier alpha value is -4.80. The van der Waals surface area contributed by atoms with E-state index in [1.807, 2.05) is 56.4 Å². The zero-order valence-corrected chi connectivity index (χ0v) is 25.4. The second-order valence-electron chi connectivity index (χ2n) is 11.9. The van der Waals surface area contributed by atoms with Crippen LogP contribution in [-0.2, 0) is 12.6 Å². The third kappa shape index (κ3) is 5.19. The van der Waals surface area contributed by atoms with Gasteiger partial charge in [0.15, 0.2) is 11.5 Å². The van der Waals surface area contributed by atoms with Gasteiger partial charge in [-0.05, 0) is 51.7 Å². The van der Waals surface area contributed by atoms with Crippen molar-refractivity contribution in [3.63, 3.8) is 0 Å². The Bertz CT molecular complexity index is 2020. The van der Waals surface area contributed by atoms with E-state index in [2.05, 4.69) is 38.6 Å². The molecule has 1 aliphatic rings. The zero-order chi connectivity index (χ0) is 31.5. The number of benzene rings is 2.